The molecule has 1 atom stereocenters. The number of nitrogens with zero attached hydrogens (tertiary/aromatic N) is 4. The van der Waals surface area contributed by atoms with Gasteiger partial charge in [0.25, 0.3) is 11.5 Å². The molecule has 0 saturated carbocycles. The van der Waals surface area contributed by atoms with E-state index >= 15 is 0 Å². The van der Waals surface area contributed by atoms with Crippen molar-refractivity contribution in [3.8, 4) is 0 Å². The number of para-hydroxylation sites is 1. The first-order chi connectivity index (χ1) is 15.5. The van der Waals surface area contributed by atoms with E-state index in [9.17, 15) is 9.59 Å². The van der Waals surface area contributed by atoms with Gasteiger partial charge in [0, 0.05) is 33.1 Å². The third kappa shape index (κ3) is 4.96. The Bertz CT molecular complexity index is 1130. The van der Waals surface area contributed by atoms with Crippen molar-refractivity contribution in [3.63, 3.8) is 0 Å². The average Bonchev–Trinajstić information content (AvgIpc) is 2.83. The van der Waals surface area contributed by atoms with Gasteiger partial charge < -0.3 is 20.1 Å². The van der Waals surface area contributed by atoms with Crippen molar-refractivity contribution in [3.05, 3.63) is 64.5 Å². The zero-order valence-electron chi connectivity index (χ0n) is 18.7. The minimum Gasteiger partial charge on any atom is -0.373 e. The molecule has 168 valence electrons. The second-order valence-electron chi connectivity index (χ2n) is 8.36. The minimum atomic E-state index is -0.180. The van der Waals surface area contributed by atoms with Crippen LogP contribution in [0.3, 0.4) is 0 Å². The van der Waals surface area contributed by atoms with Gasteiger partial charge in [0.05, 0.1) is 22.8 Å². The van der Waals surface area contributed by atoms with Crippen LogP contribution in [0.1, 0.15) is 41.5 Å². The molecular weight excluding hydrogens is 404 g/mol. The predicted octanol–water partition coefficient (Wildman–Crippen LogP) is 2.38. The van der Waals surface area contributed by atoms with Gasteiger partial charge in [0.2, 0.25) is 0 Å². The van der Waals surface area contributed by atoms with Crippen molar-refractivity contribution < 1.29 is 4.79 Å². The molecule has 1 aliphatic heterocycles. The monoisotopic (exact) mass is 434 g/mol. The van der Waals surface area contributed by atoms with Gasteiger partial charge in [0.15, 0.2) is 0 Å². The van der Waals surface area contributed by atoms with E-state index in [1.54, 1.807) is 19.3 Å². The summed E-state index contributed by atoms with van der Waals surface area (Å²) >= 11 is 0. The molecule has 1 unspecified atom stereocenters. The summed E-state index contributed by atoms with van der Waals surface area (Å²) in [6, 6.07) is 11.2. The van der Waals surface area contributed by atoms with Crippen LogP contribution in [0.4, 0.5) is 5.69 Å². The van der Waals surface area contributed by atoms with E-state index in [1.165, 1.54) is 0 Å². The summed E-state index contributed by atoms with van der Waals surface area (Å²) in [5.41, 5.74) is 2.12. The Labute approximate surface area is 187 Å². The highest BCUT2D eigenvalue weighted by Gasteiger charge is 2.23. The number of anilines is 1. The SMILES string of the molecule is CNC(=O)c1ccc(N(C)CCCN2CCCC(c3nc4ccccc4c(=O)[nH]3)C2)cn1. The maximum absolute atomic E-state index is 12.4. The summed E-state index contributed by atoms with van der Waals surface area (Å²) in [4.78, 5) is 40.7. The number of hydrogen-bond acceptors (Lipinski definition) is 6. The normalized spacial score (nSPS) is 16.8. The van der Waals surface area contributed by atoms with Gasteiger partial charge >= 0.3 is 0 Å². The van der Waals surface area contributed by atoms with Gasteiger partial charge in [-0.1, -0.05) is 12.1 Å². The molecule has 3 heterocycles. The first-order valence-corrected chi connectivity index (χ1v) is 11.2. The Kier molecular flexibility index (Phi) is 6.80. The van der Waals surface area contributed by atoms with E-state index in [4.69, 9.17) is 4.98 Å². The summed E-state index contributed by atoms with van der Waals surface area (Å²) in [6.07, 6.45) is 4.90. The fourth-order valence-corrected chi connectivity index (χ4v) is 4.31. The number of carbonyl (C=O) groups is 1. The number of likely N-dealkylation sites (tertiary alicyclic amines) is 1. The highest BCUT2D eigenvalue weighted by Crippen LogP contribution is 2.25. The van der Waals surface area contributed by atoms with Crippen LogP contribution < -0.4 is 15.8 Å². The molecule has 0 spiro atoms. The van der Waals surface area contributed by atoms with Gasteiger partial charge in [-0.25, -0.2) is 9.97 Å². The molecule has 1 fully saturated rings. The fraction of sp³-hybridized carbons (Fsp3) is 0.417. The Hall–Kier alpha value is -3.26. The lowest BCUT2D eigenvalue weighted by Crippen LogP contribution is -2.37. The summed E-state index contributed by atoms with van der Waals surface area (Å²) in [5, 5.41) is 3.23. The molecule has 2 N–H and O–H groups in total. The highest BCUT2D eigenvalue weighted by molar-refractivity contribution is 5.92. The maximum Gasteiger partial charge on any atom is 0.269 e. The summed E-state index contributed by atoms with van der Waals surface area (Å²) in [5.74, 6) is 0.874. The Morgan fingerprint density at radius 1 is 1.28 bits per heavy atom. The number of hydrogen-bond donors (Lipinski definition) is 2. The number of nitrogens with one attached hydrogen (secondary N) is 2. The minimum absolute atomic E-state index is 0.0552. The molecule has 3 aromatic rings. The Balaban J connectivity index is 1.32. The summed E-state index contributed by atoms with van der Waals surface area (Å²) < 4.78 is 0. The molecule has 1 aromatic carbocycles. The maximum atomic E-state index is 12.4. The smallest absolute Gasteiger partial charge is 0.269 e. The number of fused-ring (bicyclic) bond motifs is 1. The van der Waals surface area contributed by atoms with Crippen molar-refractivity contribution >= 4 is 22.5 Å². The number of rotatable bonds is 7. The zero-order chi connectivity index (χ0) is 22.5. The molecule has 8 heteroatoms. The molecule has 4 rings (SSSR count). The van der Waals surface area contributed by atoms with Crippen molar-refractivity contribution in [2.24, 2.45) is 0 Å². The quantitative estimate of drug-likeness (QED) is 0.593. The van der Waals surface area contributed by atoms with E-state index < -0.39 is 0 Å². The van der Waals surface area contributed by atoms with Gasteiger partial charge in [0.1, 0.15) is 11.5 Å². The second-order valence-corrected chi connectivity index (χ2v) is 8.36. The molecule has 0 aliphatic carbocycles. The van der Waals surface area contributed by atoms with E-state index in [0.29, 0.717) is 11.1 Å². The molecular formula is C24H30N6O2. The number of pyridine rings is 1. The number of amides is 1. The summed E-state index contributed by atoms with van der Waals surface area (Å²) in [7, 11) is 3.64. The molecule has 8 nitrogen and oxygen atoms in total. The summed E-state index contributed by atoms with van der Waals surface area (Å²) in [6.45, 7) is 3.86. The average molecular weight is 435 g/mol. The molecule has 2 aromatic heterocycles. The van der Waals surface area contributed by atoms with Crippen LogP contribution >= 0.6 is 0 Å². The van der Waals surface area contributed by atoms with Crippen LogP contribution in [-0.2, 0) is 0 Å². The van der Waals surface area contributed by atoms with Crippen molar-refractivity contribution in [1.82, 2.24) is 25.2 Å². The number of aromatic amines is 1. The van der Waals surface area contributed by atoms with Crippen molar-refractivity contribution in [1.29, 1.82) is 0 Å². The van der Waals surface area contributed by atoms with Crippen LogP contribution in [0.2, 0.25) is 0 Å². The predicted molar refractivity (Wildman–Crippen MR) is 126 cm³/mol. The molecule has 0 radical (unpaired) electrons. The van der Waals surface area contributed by atoms with Crippen molar-refractivity contribution in [2.75, 3.05) is 45.2 Å². The number of H-pyrrole nitrogens is 1. The van der Waals surface area contributed by atoms with Gasteiger partial charge in [-0.05, 0) is 56.6 Å². The lowest BCUT2D eigenvalue weighted by atomic mass is 9.97. The second kappa shape index (κ2) is 9.91. The number of aromatic nitrogens is 3. The van der Waals surface area contributed by atoms with Gasteiger partial charge in [-0.3, -0.25) is 9.59 Å². The van der Waals surface area contributed by atoms with Crippen LogP contribution in [0.25, 0.3) is 10.9 Å². The van der Waals surface area contributed by atoms with Crippen LogP contribution in [0.5, 0.6) is 0 Å². The molecule has 32 heavy (non-hydrogen) atoms. The van der Waals surface area contributed by atoms with E-state index in [-0.39, 0.29) is 17.4 Å². The first-order valence-electron chi connectivity index (χ1n) is 11.2. The largest absolute Gasteiger partial charge is 0.373 e. The lowest BCUT2D eigenvalue weighted by molar-refractivity contribution is 0.0958. The van der Waals surface area contributed by atoms with E-state index in [2.05, 4.69) is 25.1 Å². The lowest BCUT2D eigenvalue weighted by Gasteiger charge is -2.32. The number of benzene rings is 1. The van der Waals surface area contributed by atoms with E-state index in [0.717, 1.165) is 62.5 Å². The first kappa shape index (κ1) is 22.0. The number of piperidine rings is 1. The van der Waals surface area contributed by atoms with E-state index in [1.807, 2.05) is 37.4 Å². The molecule has 1 aliphatic rings. The van der Waals surface area contributed by atoms with Crippen LogP contribution in [-0.4, -0.2) is 66.0 Å². The third-order valence-corrected chi connectivity index (χ3v) is 6.14. The molecule has 0 bridgehead atoms. The third-order valence-electron chi connectivity index (χ3n) is 6.14. The zero-order valence-corrected chi connectivity index (χ0v) is 18.7. The molecule has 1 saturated heterocycles. The Morgan fingerprint density at radius 3 is 2.91 bits per heavy atom. The topological polar surface area (TPSA) is 94.2 Å². The van der Waals surface area contributed by atoms with Crippen LogP contribution in [0.15, 0.2) is 47.4 Å². The fourth-order valence-electron chi connectivity index (χ4n) is 4.31. The number of carbonyl (C=O) groups excluding carboxylic acids is 1. The highest BCUT2D eigenvalue weighted by atomic mass is 16.1. The van der Waals surface area contributed by atoms with Crippen molar-refractivity contribution in [2.45, 2.75) is 25.2 Å². The standard InChI is InChI=1S/C24H30N6O2/c1-25-24(32)21-11-10-18(15-26-21)29(2)12-6-14-30-13-5-7-17(16-30)22-27-20-9-4-3-8-19(20)23(31)28-22/h3-4,8-11,15,17H,5-7,12-14,16H2,1-2H3,(H,25,32)(H,27,28,31). The molecule has 1 amide bonds. The Morgan fingerprint density at radius 2 is 2.12 bits per heavy atom. The van der Waals surface area contributed by atoms with Gasteiger partial charge in [-0.15, -0.1) is 0 Å². The van der Waals surface area contributed by atoms with Gasteiger partial charge in [-0.2, -0.15) is 0 Å². The van der Waals surface area contributed by atoms with Crippen LogP contribution in [0, 0.1) is 0 Å².